The molecular weight excluding hydrogens is 440 g/mol. The summed E-state index contributed by atoms with van der Waals surface area (Å²) in [7, 11) is 0. The van der Waals surface area contributed by atoms with E-state index in [2.05, 4.69) is 89.9 Å². The quantitative estimate of drug-likeness (QED) is 0.251. The van der Waals surface area contributed by atoms with E-state index >= 15 is 0 Å². The van der Waals surface area contributed by atoms with Gasteiger partial charge >= 0.3 is 0 Å². The predicted molar refractivity (Wildman–Crippen MR) is 142 cm³/mol. The van der Waals surface area contributed by atoms with Crippen LogP contribution in [0.3, 0.4) is 0 Å². The van der Waals surface area contributed by atoms with Gasteiger partial charge in [-0.2, -0.15) is 0 Å². The van der Waals surface area contributed by atoms with Crippen LogP contribution < -0.4 is 4.74 Å². The van der Waals surface area contributed by atoms with Gasteiger partial charge in [0.15, 0.2) is 0 Å². The number of fused-ring (bicyclic) bond motifs is 10. The molecule has 6 aromatic rings. The van der Waals surface area contributed by atoms with Crippen LogP contribution in [-0.2, 0) is 5.41 Å². The molecule has 8 rings (SSSR count). The molecule has 168 valence electrons. The van der Waals surface area contributed by atoms with Crippen molar-refractivity contribution in [3.63, 3.8) is 0 Å². The van der Waals surface area contributed by atoms with Crippen molar-refractivity contribution < 1.29 is 4.74 Å². The van der Waals surface area contributed by atoms with Gasteiger partial charge in [-0.15, -0.1) is 0 Å². The van der Waals surface area contributed by atoms with Crippen molar-refractivity contribution in [3.8, 4) is 33.9 Å². The Bertz CT molecular complexity index is 1790. The van der Waals surface area contributed by atoms with E-state index in [1.165, 1.54) is 22.3 Å². The lowest BCUT2D eigenvalue weighted by Gasteiger charge is -2.39. The van der Waals surface area contributed by atoms with Gasteiger partial charge in [0, 0.05) is 16.7 Å². The molecule has 0 radical (unpaired) electrons. The van der Waals surface area contributed by atoms with Crippen molar-refractivity contribution in [2.24, 2.45) is 0 Å². The lowest BCUT2D eigenvalue weighted by atomic mass is 9.66. The first-order valence-electron chi connectivity index (χ1n) is 12.2. The van der Waals surface area contributed by atoms with Crippen LogP contribution in [0.5, 0.6) is 11.5 Å². The summed E-state index contributed by atoms with van der Waals surface area (Å²) in [5.74, 6) is 1.77. The summed E-state index contributed by atoms with van der Waals surface area (Å²) >= 11 is 0. The van der Waals surface area contributed by atoms with Gasteiger partial charge in [-0.05, 0) is 58.7 Å². The van der Waals surface area contributed by atoms with Crippen molar-refractivity contribution in [1.29, 1.82) is 0 Å². The summed E-state index contributed by atoms with van der Waals surface area (Å²) in [6.07, 6.45) is 1.87. The fourth-order valence-electron chi connectivity index (χ4n) is 6.11. The second-order valence-corrected chi connectivity index (χ2v) is 9.39. The SMILES string of the molecule is c1ccc2c(c1)Oc1ccc(-c3cnc4ccccc4n3)cc1C21c2ccccc2-c2ccccc21. The molecule has 1 aromatic heterocycles. The first kappa shape index (κ1) is 19.5. The molecule has 3 nitrogen and oxygen atoms in total. The van der Waals surface area contributed by atoms with Crippen LogP contribution in [-0.4, -0.2) is 9.97 Å². The van der Waals surface area contributed by atoms with E-state index in [1.807, 2.05) is 36.5 Å². The highest BCUT2D eigenvalue weighted by atomic mass is 16.5. The number of rotatable bonds is 1. The number of para-hydroxylation sites is 3. The zero-order valence-electron chi connectivity index (χ0n) is 19.3. The van der Waals surface area contributed by atoms with E-state index in [1.54, 1.807) is 0 Å². The van der Waals surface area contributed by atoms with E-state index in [9.17, 15) is 0 Å². The number of nitrogens with zero attached hydrogens (tertiary/aromatic N) is 2. The van der Waals surface area contributed by atoms with Gasteiger partial charge in [0.05, 0.1) is 28.3 Å². The molecule has 2 aliphatic rings. The summed E-state index contributed by atoms with van der Waals surface area (Å²) < 4.78 is 6.52. The minimum atomic E-state index is -0.475. The fourth-order valence-corrected chi connectivity index (χ4v) is 6.11. The third-order valence-corrected chi connectivity index (χ3v) is 7.59. The Balaban J connectivity index is 1.46. The van der Waals surface area contributed by atoms with Crippen LogP contribution in [0.15, 0.2) is 121 Å². The molecule has 1 spiro atoms. The molecular formula is C33H20N2O. The smallest absolute Gasteiger partial charge is 0.132 e. The molecule has 0 amide bonds. The van der Waals surface area contributed by atoms with Crippen molar-refractivity contribution >= 4 is 11.0 Å². The van der Waals surface area contributed by atoms with Crippen molar-refractivity contribution in [2.75, 3.05) is 0 Å². The third-order valence-electron chi connectivity index (χ3n) is 7.59. The maximum absolute atomic E-state index is 6.52. The Morgan fingerprint density at radius 3 is 1.92 bits per heavy atom. The Labute approximate surface area is 208 Å². The third kappa shape index (κ3) is 2.47. The molecule has 2 heterocycles. The number of benzene rings is 5. The number of hydrogen-bond acceptors (Lipinski definition) is 3. The largest absolute Gasteiger partial charge is 0.457 e. The topological polar surface area (TPSA) is 35.0 Å². The number of ether oxygens (including phenoxy) is 1. The first-order chi connectivity index (χ1) is 17.8. The predicted octanol–water partition coefficient (Wildman–Crippen LogP) is 7.77. The van der Waals surface area contributed by atoms with E-state index in [0.29, 0.717) is 0 Å². The normalized spacial score (nSPS) is 14.0. The maximum Gasteiger partial charge on any atom is 0.132 e. The second-order valence-electron chi connectivity index (χ2n) is 9.39. The lowest BCUT2D eigenvalue weighted by Crippen LogP contribution is -2.32. The van der Waals surface area contributed by atoms with Crippen LogP contribution in [0, 0.1) is 0 Å². The average molecular weight is 461 g/mol. The highest BCUT2D eigenvalue weighted by molar-refractivity contribution is 5.89. The summed E-state index contributed by atoms with van der Waals surface area (Å²) in [5.41, 5.74) is 10.6. The second kappa shape index (κ2) is 7.12. The van der Waals surface area contributed by atoms with Crippen molar-refractivity contribution in [3.05, 3.63) is 144 Å². The Morgan fingerprint density at radius 2 is 1.14 bits per heavy atom. The van der Waals surface area contributed by atoms with E-state index < -0.39 is 5.41 Å². The van der Waals surface area contributed by atoms with Crippen LogP contribution in [0.4, 0.5) is 0 Å². The average Bonchev–Trinajstić information content (AvgIpc) is 3.24. The molecule has 1 aliphatic carbocycles. The molecule has 3 heteroatoms. The first-order valence-corrected chi connectivity index (χ1v) is 12.2. The molecule has 0 atom stereocenters. The Morgan fingerprint density at radius 1 is 0.528 bits per heavy atom. The molecule has 36 heavy (non-hydrogen) atoms. The van der Waals surface area contributed by atoms with Crippen molar-refractivity contribution in [1.82, 2.24) is 9.97 Å². The number of aromatic nitrogens is 2. The molecule has 5 aromatic carbocycles. The van der Waals surface area contributed by atoms with Gasteiger partial charge in [0.2, 0.25) is 0 Å². The highest BCUT2D eigenvalue weighted by Crippen LogP contribution is 2.62. The fraction of sp³-hybridized carbons (Fsp3) is 0.0303. The molecule has 0 saturated heterocycles. The summed E-state index contributed by atoms with van der Waals surface area (Å²) in [6.45, 7) is 0. The van der Waals surface area contributed by atoms with Gasteiger partial charge in [-0.1, -0.05) is 78.9 Å². The zero-order chi connectivity index (χ0) is 23.7. The summed E-state index contributed by atoms with van der Waals surface area (Å²) in [5, 5.41) is 0. The highest BCUT2D eigenvalue weighted by Gasteiger charge is 2.50. The standard InChI is InChI=1S/C33H20N2O/c1-3-11-24-22(9-1)23-10-2-4-12-25(23)33(24)26-13-5-8-16-31(26)36-32-18-17-21(19-27(32)33)30-20-34-28-14-6-7-15-29(28)35-30/h1-20H. The molecule has 0 N–H and O–H groups in total. The van der Waals surface area contributed by atoms with E-state index in [4.69, 9.17) is 9.72 Å². The number of hydrogen-bond donors (Lipinski definition) is 0. The minimum Gasteiger partial charge on any atom is -0.457 e. The van der Waals surface area contributed by atoms with E-state index in [0.717, 1.165) is 44.9 Å². The Hall–Kier alpha value is -4.76. The monoisotopic (exact) mass is 460 g/mol. The Kier molecular flexibility index (Phi) is 3.87. The minimum absolute atomic E-state index is 0.475. The summed E-state index contributed by atoms with van der Waals surface area (Å²) in [6, 6.07) is 40.4. The van der Waals surface area contributed by atoms with Gasteiger partial charge < -0.3 is 4.74 Å². The molecule has 0 saturated carbocycles. The summed E-state index contributed by atoms with van der Waals surface area (Å²) in [4.78, 5) is 9.61. The lowest BCUT2D eigenvalue weighted by molar-refractivity contribution is 0.436. The van der Waals surface area contributed by atoms with Crippen molar-refractivity contribution in [2.45, 2.75) is 5.41 Å². The van der Waals surface area contributed by atoms with Gasteiger partial charge in [-0.25, -0.2) is 4.98 Å². The zero-order valence-corrected chi connectivity index (χ0v) is 19.3. The molecule has 0 fully saturated rings. The van der Waals surface area contributed by atoms with Crippen LogP contribution in [0.1, 0.15) is 22.3 Å². The molecule has 0 unspecified atom stereocenters. The van der Waals surface area contributed by atoms with E-state index in [-0.39, 0.29) is 0 Å². The van der Waals surface area contributed by atoms with Crippen LogP contribution in [0.25, 0.3) is 33.4 Å². The molecule has 1 aliphatic heterocycles. The van der Waals surface area contributed by atoms with Crippen LogP contribution >= 0.6 is 0 Å². The molecule has 0 bridgehead atoms. The van der Waals surface area contributed by atoms with Gasteiger partial charge in [0.1, 0.15) is 11.5 Å². The maximum atomic E-state index is 6.52. The van der Waals surface area contributed by atoms with Gasteiger partial charge in [0.25, 0.3) is 0 Å². The van der Waals surface area contributed by atoms with Crippen LogP contribution in [0.2, 0.25) is 0 Å². The van der Waals surface area contributed by atoms with Gasteiger partial charge in [-0.3, -0.25) is 4.98 Å².